The summed E-state index contributed by atoms with van der Waals surface area (Å²) in [7, 11) is 0.275. The predicted molar refractivity (Wildman–Crippen MR) is 70.4 cm³/mol. The number of hydrogen-bond donors (Lipinski definition) is 2. The number of carboxylic acid groups (broad SMARTS) is 1. The maximum absolute atomic E-state index is 11.6. The van der Waals surface area contributed by atoms with Crippen LogP contribution in [0.15, 0.2) is 0 Å². The van der Waals surface area contributed by atoms with Crippen LogP contribution < -0.4 is 5.32 Å². The Bertz CT molecular complexity index is 310. The molecule has 0 bridgehead atoms. The van der Waals surface area contributed by atoms with Gasteiger partial charge in [0.2, 0.25) is 5.91 Å². The van der Waals surface area contributed by atoms with Crippen molar-refractivity contribution in [1.82, 2.24) is 5.32 Å². The predicted octanol–water partition coefficient (Wildman–Crippen LogP) is -0.622. The van der Waals surface area contributed by atoms with E-state index >= 15 is 0 Å². The molecule has 1 amide bonds. The van der Waals surface area contributed by atoms with Crippen LogP contribution in [0.3, 0.4) is 0 Å². The Balaban J connectivity index is 3.81. The molecule has 8 heteroatoms. The van der Waals surface area contributed by atoms with Gasteiger partial charge < -0.3 is 19.9 Å². The van der Waals surface area contributed by atoms with Gasteiger partial charge in [0.15, 0.2) is 0 Å². The number of carbonyl (C=O) groups excluding carboxylic acids is 1. The van der Waals surface area contributed by atoms with Crippen LogP contribution in [0, 0.1) is 0 Å². The van der Waals surface area contributed by atoms with Gasteiger partial charge in [-0.2, -0.15) is 0 Å². The zero-order chi connectivity index (χ0) is 14.7. The molecule has 0 aliphatic carbocycles. The molecule has 112 valence electrons. The van der Waals surface area contributed by atoms with E-state index in [0.29, 0.717) is 32.0 Å². The lowest BCUT2D eigenvalue weighted by Crippen LogP contribution is -2.43. The van der Waals surface area contributed by atoms with E-state index in [1.54, 1.807) is 7.11 Å². The second-order valence-electron chi connectivity index (χ2n) is 3.86. The lowest BCUT2D eigenvalue weighted by molar-refractivity contribution is -0.140. The Kier molecular flexibility index (Phi) is 10.3. The number of carboxylic acids is 1. The van der Waals surface area contributed by atoms with Crippen LogP contribution in [-0.2, 0) is 29.9 Å². The average Bonchev–Trinajstić information content (AvgIpc) is 2.32. The molecular weight excluding hydrogens is 274 g/mol. The molecule has 2 N–H and O–H groups in total. The highest BCUT2D eigenvalue weighted by Crippen LogP contribution is 1.95. The van der Waals surface area contributed by atoms with Crippen LogP contribution in [0.25, 0.3) is 0 Å². The van der Waals surface area contributed by atoms with Crippen molar-refractivity contribution in [3.8, 4) is 0 Å². The second-order valence-corrected chi connectivity index (χ2v) is 5.48. The number of carbonyl (C=O) groups is 2. The summed E-state index contributed by atoms with van der Waals surface area (Å²) in [5, 5.41) is 11.1. The molecule has 0 rings (SSSR count). The standard InChI is InChI=1S/C11H21NO6S/c1-9(13)12-10(11(14)15)8-19(16)7-3-4-18-6-5-17-2/h10H,3-8H2,1-2H3,(H,12,13)(H,14,15). The Morgan fingerprint density at radius 1 is 1.32 bits per heavy atom. The van der Waals surface area contributed by atoms with E-state index in [2.05, 4.69) is 5.32 Å². The lowest BCUT2D eigenvalue weighted by atomic mass is 10.3. The third-order valence-electron chi connectivity index (χ3n) is 2.12. The van der Waals surface area contributed by atoms with Crippen molar-refractivity contribution in [3.05, 3.63) is 0 Å². The monoisotopic (exact) mass is 295 g/mol. The molecule has 0 aromatic carbocycles. The molecule has 0 aliphatic heterocycles. The third kappa shape index (κ3) is 10.6. The molecule has 7 nitrogen and oxygen atoms in total. The molecule has 19 heavy (non-hydrogen) atoms. The molecule has 0 aromatic rings. The Morgan fingerprint density at radius 3 is 2.53 bits per heavy atom. The van der Waals surface area contributed by atoms with Crippen LogP contribution in [0.4, 0.5) is 0 Å². The fraction of sp³-hybridized carbons (Fsp3) is 0.818. The van der Waals surface area contributed by atoms with E-state index in [9.17, 15) is 13.8 Å². The molecule has 0 aromatic heterocycles. The molecule has 0 aliphatic rings. The quantitative estimate of drug-likeness (QED) is 0.492. The number of methoxy groups -OCH3 is 1. The summed E-state index contributed by atoms with van der Waals surface area (Å²) in [5.41, 5.74) is 0. The van der Waals surface area contributed by atoms with E-state index < -0.39 is 28.7 Å². The van der Waals surface area contributed by atoms with Gasteiger partial charge in [0, 0.05) is 37.2 Å². The van der Waals surface area contributed by atoms with Gasteiger partial charge in [-0.1, -0.05) is 0 Å². The van der Waals surface area contributed by atoms with E-state index in [1.165, 1.54) is 6.92 Å². The minimum Gasteiger partial charge on any atom is -0.480 e. The SMILES string of the molecule is COCCOCCCS(=O)CC(NC(C)=O)C(=O)O. The van der Waals surface area contributed by atoms with Gasteiger partial charge in [0.05, 0.1) is 19.0 Å². The van der Waals surface area contributed by atoms with E-state index in [-0.39, 0.29) is 5.75 Å². The van der Waals surface area contributed by atoms with Crippen LogP contribution in [0.5, 0.6) is 0 Å². The summed E-state index contributed by atoms with van der Waals surface area (Å²) in [5.74, 6) is -1.38. The Morgan fingerprint density at radius 2 is 2.00 bits per heavy atom. The number of aliphatic carboxylic acids is 1. The maximum Gasteiger partial charge on any atom is 0.327 e. The van der Waals surface area contributed by atoms with Crippen molar-refractivity contribution in [1.29, 1.82) is 0 Å². The van der Waals surface area contributed by atoms with E-state index in [1.807, 2.05) is 0 Å². The highest BCUT2D eigenvalue weighted by atomic mass is 32.2. The van der Waals surface area contributed by atoms with Crippen LogP contribution >= 0.6 is 0 Å². The third-order valence-corrected chi connectivity index (χ3v) is 3.57. The minimum atomic E-state index is -1.30. The Hall–Kier alpha value is -0.990. The lowest BCUT2D eigenvalue weighted by Gasteiger charge is -2.12. The summed E-state index contributed by atoms with van der Waals surface area (Å²) in [6.07, 6.45) is 0.572. The molecule has 0 fully saturated rings. The topological polar surface area (TPSA) is 102 Å². The van der Waals surface area contributed by atoms with Crippen molar-refractivity contribution < 1.29 is 28.4 Å². The summed E-state index contributed by atoms with van der Waals surface area (Å²) in [6.45, 7) is 2.66. The minimum absolute atomic E-state index is 0.0903. The number of rotatable bonds is 11. The molecule has 0 saturated heterocycles. The molecule has 0 saturated carbocycles. The van der Waals surface area contributed by atoms with Crippen molar-refractivity contribution in [2.75, 3.05) is 38.4 Å². The summed E-state index contributed by atoms with van der Waals surface area (Å²) in [4.78, 5) is 21.6. The highest BCUT2D eigenvalue weighted by molar-refractivity contribution is 7.85. The second kappa shape index (κ2) is 10.9. The molecule has 0 radical (unpaired) electrons. The fourth-order valence-electron chi connectivity index (χ4n) is 1.26. The van der Waals surface area contributed by atoms with Gasteiger partial charge >= 0.3 is 5.97 Å². The van der Waals surface area contributed by atoms with Gasteiger partial charge in [-0.05, 0) is 6.42 Å². The molecule has 0 spiro atoms. The zero-order valence-electron chi connectivity index (χ0n) is 11.2. The summed E-state index contributed by atoms with van der Waals surface area (Å²) < 4.78 is 21.6. The first kappa shape index (κ1) is 18.0. The summed E-state index contributed by atoms with van der Waals surface area (Å²) in [6, 6.07) is -1.10. The van der Waals surface area contributed by atoms with Crippen LogP contribution in [-0.4, -0.2) is 65.7 Å². The van der Waals surface area contributed by atoms with Crippen molar-refractivity contribution in [2.45, 2.75) is 19.4 Å². The molecule has 2 unspecified atom stereocenters. The van der Waals surface area contributed by atoms with Gasteiger partial charge in [-0.15, -0.1) is 0 Å². The normalized spacial score (nSPS) is 13.8. The van der Waals surface area contributed by atoms with Crippen molar-refractivity contribution in [3.63, 3.8) is 0 Å². The maximum atomic E-state index is 11.6. The Labute approximate surface area is 115 Å². The average molecular weight is 295 g/mol. The van der Waals surface area contributed by atoms with Crippen LogP contribution in [0.2, 0.25) is 0 Å². The fourth-order valence-corrected chi connectivity index (χ4v) is 2.46. The van der Waals surface area contributed by atoms with E-state index in [4.69, 9.17) is 14.6 Å². The number of amides is 1. The number of hydrogen-bond acceptors (Lipinski definition) is 5. The van der Waals surface area contributed by atoms with Gasteiger partial charge in [-0.3, -0.25) is 9.00 Å². The summed E-state index contributed by atoms with van der Waals surface area (Å²) >= 11 is 0. The first-order chi connectivity index (χ1) is 8.97. The zero-order valence-corrected chi connectivity index (χ0v) is 12.0. The van der Waals surface area contributed by atoms with Crippen molar-refractivity contribution >= 4 is 22.7 Å². The highest BCUT2D eigenvalue weighted by Gasteiger charge is 2.20. The number of ether oxygens (including phenoxy) is 2. The first-order valence-corrected chi connectivity index (χ1v) is 7.37. The van der Waals surface area contributed by atoms with Gasteiger partial charge in [-0.25, -0.2) is 4.79 Å². The van der Waals surface area contributed by atoms with E-state index in [0.717, 1.165) is 0 Å². The van der Waals surface area contributed by atoms with Crippen LogP contribution in [0.1, 0.15) is 13.3 Å². The van der Waals surface area contributed by atoms with Crippen molar-refractivity contribution in [2.24, 2.45) is 0 Å². The largest absolute Gasteiger partial charge is 0.480 e. The number of nitrogens with one attached hydrogen (secondary N) is 1. The molecule has 0 heterocycles. The molecular formula is C11H21NO6S. The van der Waals surface area contributed by atoms with Gasteiger partial charge in [0.25, 0.3) is 0 Å². The molecule has 2 atom stereocenters. The van der Waals surface area contributed by atoms with Gasteiger partial charge in [0.1, 0.15) is 6.04 Å². The first-order valence-electron chi connectivity index (χ1n) is 5.89. The smallest absolute Gasteiger partial charge is 0.327 e.